The summed E-state index contributed by atoms with van der Waals surface area (Å²) in [7, 11) is 2.13. The summed E-state index contributed by atoms with van der Waals surface area (Å²) in [5.41, 5.74) is 6.37. The summed E-state index contributed by atoms with van der Waals surface area (Å²) >= 11 is 0. The maximum atomic E-state index is 6.28. The van der Waals surface area contributed by atoms with Gasteiger partial charge in [0.2, 0.25) is 0 Å². The minimum Gasteiger partial charge on any atom is -0.380 e. The monoisotopic (exact) mass is 200 g/mol. The van der Waals surface area contributed by atoms with Crippen LogP contribution in [0.15, 0.2) is 0 Å². The first-order valence-electron chi connectivity index (χ1n) is 5.71. The molecule has 1 rings (SSSR count). The molecule has 1 aliphatic rings. The molecule has 0 amide bonds. The molecule has 0 spiro atoms. The van der Waals surface area contributed by atoms with Crippen LogP contribution in [0.3, 0.4) is 0 Å². The van der Waals surface area contributed by atoms with Gasteiger partial charge >= 0.3 is 0 Å². The van der Waals surface area contributed by atoms with Gasteiger partial charge in [0, 0.05) is 25.2 Å². The summed E-state index contributed by atoms with van der Waals surface area (Å²) in [5, 5.41) is 0. The second-order valence-electron chi connectivity index (χ2n) is 4.50. The Morgan fingerprint density at radius 3 is 2.57 bits per heavy atom. The first kappa shape index (κ1) is 12.0. The molecule has 2 N–H and O–H groups in total. The third-order valence-corrected chi connectivity index (χ3v) is 3.01. The van der Waals surface area contributed by atoms with E-state index >= 15 is 0 Å². The highest BCUT2D eigenvalue weighted by Crippen LogP contribution is 2.27. The van der Waals surface area contributed by atoms with Gasteiger partial charge in [-0.05, 0) is 26.8 Å². The van der Waals surface area contributed by atoms with E-state index < -0.39 is 0 Å². The zero-order valence-corrected chi connectivity index (χ0v) is 9.59. The van der Waals surface area contributed by atoms with Gasteiger partial charge in [0.15, 0.2) is 0 Å². The van der Waals surface area contributed by atoms with Crippen LogP contribution in [0.1, 0.15) is 32.6 Å². The molecule has 0 aromatic carbocycles. The van der Waals surface area contributed by atoms with Gasteiger partial charge in [-0.2, -0.15) is 0 Å². The molecule has 1 aliphatic carbocycles. The van der Waals surface area contributed by atoms with Crippen molar-refractivity contribution in [3.05, 3.63) is 0 Å². The molecule has 0 aliphatic heterocycles. The van der Waals surface area contributed by atoms with Gasteiger partial charge in [-0.1, -0.05) is 12.8 Å². The lowest BCUT2D eigenvalue weighted by molar-refractivity contribution is 0.114. The molecular weight excluding hydrogens is 176 g/mol. The van der Waals surface area contributed by atoms with Crippen molar-refractivity contribution in [2.75, 3.05) is 33.4 Å². The lowest BCUT2D eigenvalue weighted by atomic mass is 9.99. The first-order chi connectivity index (χ1) is 6.66. The van der Waals surface area contributed by atoms with Crippen LogP contribution in [-0.2, 0) is 4.74 Å². The van der Waals surface area contributed by atoms with Crippen LogP contribution in [0, 0.1) is 0 Å². The van der Waals surface area contributed by atoms with Gasteiger partial charge in [0.25, 0.3) is 0 Å². The van der Waals surface area contributed by atoms with E-state index in [1.165, 1.54) is 25.7 Å². The highest BCUT2D eigenvalue weighted by atomic mass is 16.5. The quantitative estimate of drug-likeness (QED) is 0.655. The van der Waals surface area contributed by atoms with Gasteiger partial charge in [-0.3, -0.25) is 0 Å². The van der Waals surface area contributed by atoms with E-state index in [1.54, 1.807) is 0 Å². The predicted octanol–water partition coefficient (Wildman–Crippen LogP) is 1.23. The Bertz CT molecular complexity index is 155. The summed E-state index contributed by atoms with van der Waals surface area (Å²) in [6.07, 6.45) is 4.98. The molecular formula is C11H24N2O. The Kier molecular flexibility index (Phi) is 4.85. The number of hydrogen-bond acceptors (Lipinski definition) is 3. The van der Waals surface area contributed by atoms with E-state index in [2.05, 4.69) is 11.9 Å². The summed E-state index contributed by atoms with van der Waals surface area (Å²) in [6.45, 7) is 5.67. The van der Waals surface area contributed by atoms with E-state index in [0.717, 1.165) is 26.3 Å². The average Bonchev–Trinajstić information content (AvgIpc) is 2.52. The van der Waals surface area contributed by atoms with Crippen LogP contribution in [0.5, 0.6) is 0 Å². The standard InChI is InChI=1S/C11H24N2O/c1-3-14-9-8-13(2)10-11(12)6-4-5-7-11/h3-10,12H2,1-2H3. The van der Waals surface area contributed by atoms with Crippen molar-refractivity contribution in [1.82, 2.24) is 4.90 Å². The number of ether oxygens (including phenoxy) is 1. The van der Waals surface area contributed by atoms with E-state index in [9.17, 15) is 0 Å². The molecule has 0 radical (unpaired) electrons. The van der Waals surface area contributed by atoms with Crippen molar-refractivity contribution < 1.29 is 4.74 Å². The molecule has 84 valence electrons. The second kappa shape index (κ2) is 5.69. The third-order valence-electron chi connectivity index (χ3n) is 3.01. The van der Waals surface area contributed by atoms with Crippen molar-refractivity contribution >= 4 is 0 Å². The van der Waals surface area contributed by atoms with Crippen LogP contribution in [0.25, 0.3) is 0 Å². The summed E-state index contributed by atoms with van der Waals surface area (Å²) in [4.78, 5) is 2.29. The van der Waals surface area contributed by atoms with E-state index in [4.69, 9.17) is 10.5 Å². The third kappa shape index (κ3) is 3.95. The zero-order chi connectivity index (χ0) is 10.4. The Labute approximate surface area is 87.6 Å². The molecule has 0 atom stereocenters. The minimum atomic E-state index is 0.0843. The molecule has 0 unspecified atom stereocenters. The first-order valence-corrected chi connectivity index (χ1v) is 5.71. The van der Waals surface area contributed by atoms with E-state index in [-0.39, 0.29) is 5.54 Å². The van der Waals surface area contributed by atoms with Crippen LogP contribution in [-0.4, -0.2) is 43.8 Å². The average molecular weight is 200 g/mol. The number of rotatable bonds is 6. The number of nitrogens with zero attached hydrogens (tertiary/aromatic N) is 1. The summed E-state index contributed by atoms with van der Waals surface area (Å²) in [5.74, 6) is 0. The Hall–Kier alpha value is -0.120. The molecule has 0 aromatic rings. The number of likely N-dealkylation sites (N-methyl/N-ethyl adjacent to an activating group) is 1. The molecule has 14 heavy (non-hydrogen) atoms. The molecule has 0 saturated heterocycles. The topological polar surface area (TPSA) is 38.5 Å². The maximum Gasteiger partial charge on any atom is 0.0593 e. The second-order valence-corrected chi connectivity index (χ2v) is 4.50. The van der Waals surface area contributed by atoms with Gasteiger partial charge in [0.05, 0.1) is 6.61 Å². The minimum absolute atomic E-state index is 0.0843. The SMILES string of the molecule is CCOCCN(C)CC1(N)CCCC1. The lowest BCUT2D eigenvalue weighted by Crippen LogP contribution is -2.47. The highest BCUT2D eigenvalue weighted by Gasteiger charge is 2.30. The van der Waals surface area contributed by atoms with Crippen LogP contribution < -0.4 is 5.73 Å². The maximum absolute atomic E-state index is 6.28. The van der Waals surface area contributed by atoms with Crippen molar-refractivity contribution in [2.45, 2.75) is 38.1 Å². The fraction of sp³-hybridized carbons (Fsp3) is 1.00. The number of nitrogens with two attached hydrogens (primary N) is 1. The van der Waals surface area contributed by atoms with Crippen LogP contribution in [0.2, 0.25) is 0 Å². The predicted molar refractivity (Wildman–Crippen MR) is 59.4 cm³/mol. The Balaban J connectivity index is 2.15. The lowest BCUT2D eigenvalue weighted by Gasteiger charge is -2.29. The molecule has 3 nitrogen and oxygen atoms in total. The summed E-state index contributed by atoms with van der Waals surface area (Å²) in [6, 6.07) is 0. The Morgan fingerprint density at radius 1 is 1.36 bits per heavy atom. The summed E-state index contributed by atoms with van der Waals surface area (Å²) < 4.78 is 5.32. The van der Waals surface area contributed by atoms with Gasteiger partial charge in [-0.25, -0.2) is 0 Å². The largest absolute Gasteiger partial charge is 0.380 e. The van der Waals surface area contributed by atoms with E-state index in [0.29, 0.717) is 0 Å². The fourth-order valence-electron chi connectivity index (χ4n) is 2.22. The van der Waals surface area contributed by atoms with Gasteiger partial charge in [-0.15, -0.1) is 0 Å². The normalized spacial score (nSPS) is 20.6. The Morgan fingerprint density at radius 2 is 2.00 bits per heavy atom. The van der Waals surface area contributed by atoms with Crippen LogP contribution in [0.4, 0.5) is 0 Å². The van der Waals surface area contributed by atoms with Crippen molar-refractivity contribution in [3.63, 3.8) is 0 Å². The molecule has 0 heterocycles. The molecule has 1 fully saturated rings. The van der Waals surface area contributed by atoms with Crippen molar-refractivity contribution in [2.24, 2.45) is 5.73 Å². The van der Waals surface area contributed by atoms with Crippen molar-refractivity contribution in [3.8, 4) is 0 Å². The fourth-order valence-corrected chi connectivity index (χ4v) is 2.22. The molecule has 0 bridgehead atoms. The van der Waals surface area contributed by atoms with E-state index in [1.807, 2.05) is 6.92 Å². The van der Waals surface area contributed by atoms with Gasteiger partial charge in [0.1, 0.15) is 0 Å². The van der Waals surface area contributed by atoms with Crippen LogP contribution >= 0.6 is 0 Å². The van der Waals surface area contributed by atoms with Crippen molar-refractivity contribution in [1.29, 1.82) is 0 Å². The number of hydrogen-bond donors (Lipinski definition) is 1. The molecule has 0 aromatic heterocycles. The molecule has 3 heteroatoms. The van der Waals surface area contributed by atoms with Gasteiger partial charge < -0.3 is 15.4 Å². The highest BCUT2D eigenvalue weighted by molar-refractivity contribution is 4.91. The molecule has 1 saturated carbocycles. The smallest absolute Gasteiger partial charge is 0.0593 e. The zero-order valence-electron chi connectivity index (χ0n) is 9.59.